The van der Waals surface area contributed by atoms with Gasteiger partial charge in [-0.15, -0.1) is 0 Å². The van der Waals surface area contributed by atoms with Crippen LogP contribution in [0.3, 0.4) is 0 Å². The highest BCUT2D eigenvalue weighted by Gasteiger charge is 2.23. The van der Waals surface area contributed by atoms with Crippen molar-refractivity contribution in [1.29, 1.82) is 0 Å². The molecule has 0 unspecified atom stereocenters. The maximum atomic E-state index is 12.1. The highest BCUT2D eigenvalue weighted by atomic mass is 16.2. The minimum absolute atomic E-state index is 0.0590. The minimum atomic E-state index is -0.0590. The Morgan fingerprint density at radius 3 is 2.75 bits per heavy atom. The van der Waals surface area contributed by atoms with E-state index < -0.39 is 0 Å². The summed E-state index contributed by atoms with van der Waals surface area (Å²) < 4.78 is 0. The highest BCUT2D eigenvalue weighted by Crippen LogP contribution is 2.08. The molecule has 1 fully saturated rings. The second kappa shape index (κ2) is 5.79. The lowest BCUT2D eigenvalue weighted by molar-refractivity contribution is 0.0621. The van der Waals surface area contributed by atoms with Crippen molar-refractivity contribution in [3.63, 3.8) is 0 Å². The average Bonchev–Trinajstić information content (AvgIpc) is 3.03. The topological polar surface area (TPSA) is 78.0 Å². The van der Waals surface area contributed by atoms with Crippen molar-refractivity contribution >= 4 is 5.91 Å². The maximum Gasteiger partial charge on any atom is 0.276 e. The van der Waals surface area contributed by atoms with E-state index in [-0.39, 0.29) is 5.91 Å². The van der Waals surface area contributed by atoms with Gasteiger partial charge in [0.2, 0.25) is 0 Å². The van der Waals surface area contributed by atoms with Crippen LogP contribution in [0.1, 0.15) is 16.2 Å². The molecule has 3 heterocycles. The molecule has 20 heavy (non-hydrogen) atoms. The van der Waals surface area contributed by atoms with E-state index in [1.54, 1.807) is 6.20 Å². The minimum Gasteiger partial charge on any atom is -0.335 e. The van der Waals surface area contributed by atoms with E-state index in [1.807, 2.05) is 23.1 Å². The first kappa shape index (κ1) is 12.7. The zero-order valence-corrected chi connectivity index (χ0v) is 11.1. The first-order valence-electron chi connectivity index (χ1n) is 6.60. The van der Waals surface area contributed by atoms with Crippen molar-refractivity contribution < 1.29 is 4.79 Å². The molecule has 0 bridgehead atoms. The molecule has 104 valence electrons. The van der Waals surface area contributed by atoms with Gasteiger partial charge in [-0.3, -0.25) is 14.7 Å². The van der Waals surface area contributed by atoms with E-state index in [0.717, 1.165) is 25.3 Å². The van der Waals surface area contributed by atoms with Crippen LogP contribution in [0.15, 0.2) is 30.6 Å². The number of hydrogen-bond acceptors (Lipinski definition) is 5. The van der Waals surface area contributed by atoms with E-state index in [1.165, 1.54) is 6.20 Å². The van der Waals surface area contributed by atoms with Crippen molar-refractivity contribution in [2.24, 2.45) is 0 Å². The molecule has 0 aliphatic carbocycles. The summed E-state index contributed by atoms with van der Waals surface area (Å²) in [5.74, 6) is -0.0590. The van der Waals surface area contributed by atoms with Gasteiger partial charge in [-0.05, 0) is 12.1 Å². The monoisotopic (exact) mass is 272 g/mol. The number of pyridine rings is 1. The van der Waals surface area contributed by atoms with Gasteiger partial charge < -0.3 is 4.90 Å². The van der Waals surface area contributed by atoms with Gasteiger partial charge in [-0.25, -0.2) is 0 Å². The molecular weight excluding hydrogens is 256 g/mol. The van der Waals surface area contributed by atoms with Crippen molar-refractivity contribution in [1.82, 2.24) is 30.2 Å². The molecule has 0 aromatic carbocycles. The molecule has 7 nitrogen and oxygen atoms in total. The fourth-order valence-electron chi connectivity index (χ4n) is 2.30. The summed E-state index contributed by atoms with van der Waals surface area (Å²) in [4.78, 5) is 20.5. The Hall–Kier alpha value is -2.28. The lowest BCUT2D eigenvalue weighted by Crippen LogP contribution is -2.48. The smallest absolute Gasteiger partial charge is 0.276 e. The third kappa shape index (κ3) is 2.83. The van der Waals surface area contributed by atoms with E-state index >= 15 is 0 Å². The number of H-pyrrole nitrogens is 1. The Morgan fingerprint density at radius 2 is 2.10 bits per heavy atom. The van der Waals surface area contributed by atoms with Crippen LogP contribution in [0.25, 0.3) is 0 Å². The first-order valence-corrected chi connectivity index (χ1v) is 6.60. The summed E-state index contributed by atoms with van der Waals surface area (Å²) in [5, 5.41) is 9.96. The van der Waals surface area contributed by atoms with Crippen LogP contribution in [0.5, 0.6) is 0 Å². The Kier molecular flexibility index (Phi) is 3.69. The molecule has 7 heteroatoms. The summed E-state index contributed by atoms with van der Waals surface area (Å²) in [7, 11) is 0. The molecule has 0 saturated carbocycles. The summed E-state index contributed by atoms with van der Waals surface area (Å²) in [6.45, 7) is 3.93. The van der Waals surface area contributed by atoms with Crippen LogP contribution < -0.4 is 0 Å². The number of nitrogens with zero attached hydrogens (tertiary/aromatic N) is 5. The first-order chi connectivity index (χ1) is 9.83. The SMILES string of the molecule is O=C(c1cn[nH]n1)N1CCN(Cc2ccccn2)CC1. The second-order valence-corrected chi connectivity index (χ2v) is 4.74. The molecule has 3 rings (SSSR count). The Bertz CT molecular complexity index is 548. The molecule has 2 aromatic rings. The van der Waals surface area contributed by atoms with E-state index in [2.05, 4.69) is 25.3 Å². The van der Waals surface area contributed by atoms with Gasteiger partial charge in [0, 0.05) is 38.9 Å². The predicted octanol–water partition coefficient (Wildman–Crippen LogP) is 0.158. The number of aromatic nitrogens is 4. The number of rotatable bonds is 3. The predicted molar refractivity (Wildman–Crippen MR) is 71.8 cm³/mol. The zero-order valence-electron chi connectivity index (χ0n) is 11.1. The molecule has 1 amide bonds. The van der Waals surface area contributed by atoms with Gasteiger partial charge in [-0.1, -0.05) is 6.07 Å². The van der Waals surface area contributed by atoms with Gasteiger partial charge in [0.1, 0.15) is 0 Å². The van der Waals surface area contributed by atoms with Crippen LogP contribution in [-0.2, 0) is 6.54 Å². The summed E-state index contributed by atoms with van der Waals surface area (Å²) in [6.07, 6.45) is 3.27. The van der Waals surface area contributed by atoms with E-state index in [9.17, 15) is 4.79 Å². The molecule has 1 saturated heterocycles. The standard InChI is InChI=1S/C13H16N6O/c20-13(12-9-15-17-16-12)19-7-5-18(6-8-19)10-11-3-1-2-4-14-11/h1-4,9H,5-8,10H2,(H,15,16,17). The van der Waals surface area contributed by atoms with Crippen LogP contribution in [0.2, 0.25) is 0 Å². The normalized spacial score (nSPS) is 16.3. The van der Waals surface area contributed by atoms with Crippen molar-refractivity contribution in [3.05, 3.63) is 42.0 Å². The fourth-order valence-corrected chi connectivity index (χ4v) is 2.30. The van der Waals surface area contributed by atoms with Gasteiger partial charge in [0.15, 0.2) is 5.69 Å². The summed E-state index contributed by atoms with van der Waals surface area (Å²) in [6, 6.07) is 5.93. The number of hydrogen-bond donors (Lipinski definition) is 1. The number of amides is 1. The Balaban J connectivity index is 1.53. The molecule has 1 aliphatic heterocycles. The lowest BCUT2D eigenvalue weighted by atomic mass is 10.2. The quantitative estimate of drug-likeness (QED) is 0.861. The molecule has 0 spiro atoms. The van der Waals surface area contributed by atoms with Crippen LogP contribution >= 0.6 is 0 Å². The number of nitrogens with one attached hydrogen (secondary N) is 1. The fraction of sp³-hybridized carbons (Fsp3) is 0.385. The van der Waals surface area contributed by atoms with Crippen LogP contribution in [0, 0.1) is 0 Å². The van der Waals surface area contributed by atoms with Crippen LogP contribution in [-0.4, -0.2) is 62.3 Å². The number of piperazine rings is 1. The molecule has 1 aliphatic rings. The Morgan fingerprint density at radius 1 is 1.25 bits per heavy atom. The molecule has 1 N–H and O–H groups in total. The molecule has 2 aromatic heterocycles. The number of carbonyl (C=O) groups is 1. The zero-order chi connectivity index (χ0) is 13.8. The van der Waals surface area contributed by atoms with Gasteiger partial charge >= 0.3 is 0 Å². The summed E-state index contributed by atoms with van der Waals surface area (Å²) in [5.41, 5.74) is 1.44. The number of aromatic amines is 1. The van der Waals surface area contributed by atoms with Crippen molar-refractivity contribution in [2.75, 3.05) is 26.2 Å². The molecule has 0 radical (unpaired) electrons. The second-order valence-electron chi connectivity index (χ2n) is 4.74. The van der Waals surface area contributed by atoms with E-state index in [0.29, 0.717) is 18.8 Å². The molecule has 0 atom stereocenters. The third-order valence-corrected chi connectivity index (χ3v) is 3.41. The largest absolute Gasteiger partial charge is 0.335 e. The summed E-state index contributed by atoms with van der Waals surface area (Å²) >= 11 is 0. The van der Waals surface area contributed by atoms with Gasteiger partial charge in [0.05, 0.1) is 11.9 Å². The van der Waals surface area contributed by atoms with E-state index in [4.69, 9.17) is 0 Å². The maximum absolute atomic E-state index is 12.1. The highest BCUT2D eigenvalue weighted by molar-refractivity contribution is 5.91. The Labute approximate surface area is 116 Å². The lowest BCUT2D eigenvalue weighted by Gasteiger charge is -2.34. The van der Waals surface area contributed by atoms with Crippen LogP contribution in [0.4, 0.5) is 0 Å². The average molecular weight is 272 g/mol. The van der Waals surface area contributed by atoms with Crippen molar-refractivity contribution in [3.8, 4) is 0 Å². The van der Waals surface area contributed by atoms with Gasteiger partial charge in [0.25, 0.3) is 5.91 Å². The number of carbonyl (C=O) groups excluding carboxylic acids is 1. The van der Waals surface area contributed by atoms with Crippen molar-refractivity contribution in [2.45, 2.75) is 6.54 Å². The third-order valence-electron chi connectivity index (χ3n) is 3.41. The van der Waals surface area contributed by atoms with Gasteiger partial charge in [-0.2, -0.15) is 15.4 Å². The molecular formula is C13H16N6O.